The fourth-order valence-electron chi connectivity index (χ4n) is 3.59. The standard InChI is InChI=1S/C22H22ClN5O3/c1-14-20(25-26-28(14)16-6-8-17(31-2)9-7-16)21(29)24-19-13-15(23)5-10-18(19)22(30)27-11-3-4-12-27/h5-10,13H,3-4,11-12H2,1-2H3,(H,24,29). The number of benzene rings is 2. The zero-order valence-electron chi connectivity index (χ0n) is 17.3. The highest BCUT2D eigenvalue weighted by atomic mass is 35.5. The first kappa shape index (κ1) is 20.9. The van der Waals surface area contributed by atoms with E-state index in [0.717, 1.165) is 24.3 Å². The van der Waals surface area contributed by atoms with Crippen molar-refractivity contribution in [1.29, 1.82) is 0 Å². The van der Waals surface area contributed by atoms with Gasteiger partial charge in [-0.25, -0.2) is 4.68 Å². The van der Waals surface area contributed by atoms with Crippen molar-refractivity contribution < 1.29 is 14.3 Å². The maximum atomic E-state index is 13.0. The lowest BCUT2D eigenvalue weighted by molar-refractivity contribution is 0.0794. The van der Waals surface area contributed by atoms with E-state index in [1.807, 2.05) is 12.1 Å². The number of ether oxygens (including phenoxy) is 1. The van der Waals surface area contributed by atoms with Crippen LogP contribution in [0.2, 0.25) is 5.02 Å². The Morgan fingerprint density at radius 2 is 1.81 bits per heavy atom. The van der Waals surface area contributed by atoms with Crippen molar-refractivity contribution in [3.63, 3.8) is 0 Å². The number of hydrogen-bond donors (Lipinski definition) is 1. The number of methoxy groups -OCH3 is 1. The van der Waals surface area contributed by atoms with Gasteiger partial charge in [-0.1, -0.05) is 16.8 Å². The number of anilines is 1. The van der Waals surface area contributed by atoms with Crippen molar-refractivity contribution in [1.82, 2.24) is 19.9 Å². The van der Waals surface area contributed by atoms with E-state index in [4.69, 9.17) is 16.3 Å². The highest BCUT2D eigenvalue weighted by molar-refractivity contribution is 6.31. The molecule has 160 valence electrons. The van der Waals surface area contributed by atoms with E-state index in [9.17, 15) is 9.59 Å². The number of likely N-dealkylation sites (tertiary alicyclic amines) is 1. The fraction of sp³-hybridized carbons (Fsp3) is 0.273. The van der Waals surface area contributed by atoms with Gasteiger partial charge in [-0.3, -0.25) is 9.59 Å². The number of nitrogens with zero attached hydrogens (tertiary/aromatic N) is 4. The van der Waals surface area contributed by atoms with Crippen LogP contribution in [0.4, 0.5) is 5.69 Å². The molecule has 0 bridgehead atoms. The second-order valence-electron chi connectivity index (χ2n) is 7.28. The van der Waals surface area contributed by atoms with Gasteiger partial charge in [0.25, 0.3) is 11.8 Å². The minimum atomic E-state index is -0.463. The number of amides is 2. The summed E-state index contributed by atoms with van der Waals surface area (Å²) in [6.45, 7) is 3.18. The largest absolute Gasteiger partial charge is 0.497 e. The number of carbonyl (C=O) groups excluding carboxylic acids is 2. The summed E-state index contributed by atoms with van der Waals surface area (Å²) in [5.41, 5.74) is 2.23. The molecule has 9 heteroatoms. The molecule has 1 aliphatic rings. The van der Waals surface area contributed by atoms with E-state index >= 15 is 0 Å². The molecule has 31 heavy (non-hydrogen) atoms. The summed E-state index contributed by atoms with van der Waals surface area (Å²) in [5, 5.41) is 11.4. The maximum Gasteiger partial charge on any atom is 0.278 e. The zero-order valence-corrected chi connectivity index (χ0v) is 18.0. The van der Waals surface area contributed by atoms with Gasteiger partial charge < -0.3 is 15.0 Å². The van der Waals surface area contributed by atoms with Gasteiger partial charge in [0, 0.05) is 18.1 Å². The molecule has 1 aliphatic heterocycles. The first-order chi connectivity index (χ1) is 15.0. The first-order valence-electron chi connectivity index (χ1n) is 9.95. The first-order valence-corrected chi connectivity index (χ1v) is 10.3. The van der Waals surface area contributed by atoms with Gasteiger partial charge in [0.05, 0.1) is 29.7 Å². The summed E-state index contributed by atoms with van der Waals surface area (Å²) in [6, 6.07) is 12.1. The molecule has 1 saturated heterocycles. The van der Waals surface area contributed by atoms with Crippen molar-refractivity contribution in [3.8, 4) is 11.4 Å². The van der Waals surface area contributed by atoms with Gasteiger partial charge in [-0.2, -0.15) is 0 Å². The molecule has 0 aliphatic carbocycles. The molecular weight excluding hydrogens is 418 g/mol. The summed E-state index contributed by atoms with van der Waals surface area (Å²) >= 11 is 6.13. The van der Waals surface area contributed by atoms with E-state index < -0.39 is 5.91 Å². The van der Waals surface area contributed by atoms with Gasteiger partial charge in [0.2, 0.25) is 0 Å². The second kappa shape index (κ2) is 8.77. The minimum Gasteiger partial charge on any atom is -0.497 e. The minimum absolute atomic E-state index is 0.122. The van der Waals surface area contributed by atoms with Gasteiger partial charge in [0.15, 0.2) is 5.69 Å². The number of hydrogen-bond acceptors (Lipinski definition) is 5. The van der Waals surface area contributed by atoms with Gasteiger partial charge in [0.1, 0.15) is 5.75 Å². The van der Waals surface area contributed by atoms with E-state index in [1.165, 1.54) is 0 Å². The Labute approximate surface area is 184 Å². The number of nitrogens with one attached hydrogen (secondary N) is 1. The quantitative estimate of drug-likeness (QED) is 0.654. The molecular formula is C22H22ClN5O3. The molecule has 4 rings (SSSR count). The monoisotopic (exact) mass is 439 g/mol. The van der Waals surface area contributed by atoms with E-state index in [2.05, 4.69) is 15.6 Å². The van der Waals surface area contributed by atoms with Crippen molar-refractivity contribution in [2.45, 2.75) is 19.8 Å². The molecule has 1 N–H and O–H groups in total. The normalized spacial score (nSPS) is 13.3. The fourth-order valence-corrected chi connectivity index (χ4v) is 3.76. The summed E-state index contributed by atoms with van der Waals surface area (Å²) in [5.74, 6) is 0.133. The lowest BCUT2D eigenvalue weighted by atomic mass is 10.1. The van der Waals surface area contributed by atoms with Gasteiger partial charge in [-0.05, 0) is 62.2 Å². The van der Waals surface area contributed by atoms with E-state index in [-0.39, 0.29) is 11.6 Å². The summed E-state index contributed by atoms with van der Waals surface area (Å²) in [6.07, 6.45) is 1.96. The molecule has 3 aromatic rings. The molecule has 0 saturated carbocycles. The summed E-state index contributed by atoms with van der Waals surface area (Å²) in [7, 11) is 1.59. The van der Waals surface area contributed by atoms with Gasteiger partial charge in [-0.15, -0.1) is 5.10 Å². The molecule has 0 unspecified atom stereocenters. The van der Waals surface area contributed by atoms with Crippen LogP contribution in [-0.2, 0) is 0 Å². The van der Waals surface area contributed by atoms with Crippen molar-refractivity contribution >= 4 is 29.1 Å². The summed E-state index contributed by atoms with van der Waals surface area (Å²) < 4.78 is 6.74. The van der Waals surface area contributed by atoms with Crippen LogP contribution in [0, 0.1) is 6.92 Å². The topological polar surface area (TPSA) is 89.3 Å². The third kappa shape index (κ3) is 4.25. The van der Waals surface area contributed by atoms with Gasteiger partial charge >= 0.3 is 0 Å². The molecule has 1 fully saturated rings. The molecule has 0 spiro atoms. The van der Waals surface area contributed by atoms with Crippen LogP contribution < -0.4 is 10.1 Å². The molecule has 1 aromatic heterocycles. The van der Waals surface area contributed by atoms with Crippen LogP contribution in [0.3, 0.4) is 0 Å². The Hall–Kier alpha value is -3.39. The van der Waals surface area contributed by atoms with Crippen LogP contribution in [0.15, 0.2) is 42.5 Å². The van der Waals surface area contributed by atoms with Crippen LogP contribution in [0.25, 0.3) is 5.69 Å². The van der Waals surface area contributed by atoms with E-state index in [0.29, 0.717) is 35.1 Å². The van der Waals surface area contributed by atoms with Crippen LogP contribution in [0.5, 0.6) is 5.75 Å². The number of rotatable bonds is 5. The molecule has 2 amide bonds. The Bertz CT molecular complexity index is 1120. The Morgan fingerprint density at radius 3 is 2.48 bits per heavy atom. The lowest BCUT2D eigenvalue weighted by Gasteiger charge is -2.18. The molecule has 0 atom stereocenters. The third-order valence-electron chi connectivity index (χ3n) is 5.28. The summed E-state index contributed by atoms with van der Waals surface area (Å²) in [4.78, 5) is 27.6. The Morgan fingerprint density at radius 1 is 1.10 bits per heavy atom. The smallest absolute Gasteiger partial charge is 0.278 e. The SMILES string of the molecule is COc1ccc(-n2nnc(C(=O)Nc3cc(Cl)ccc3C(=O)N3CCCC3)c2C)cc1. The van der Waals surface area contributed by atoms with Crippen molar-refractivity contribution in [2.24, 2.45) is 0 Å². The Balaban J connectivity index is 1.59. The average molecular weight is 440 g/mol. The van der Waals surface area contributed by atoms with Crippen LogP contribution in [0.1, 0.15) is 39.4 Å². The molecule has 0 radical (unpaired) electrons. The highest BCUT2D eigenvalue weighted by Crippen LogP contribution is 2.25. The van der Waals surface area contributed by atoms with Crippen LogP contribution >= 0.6 is 11.6 Å². The number of aromatic nitrogens is 3. The predicted molar refractivity (Wildman–Crippen MR) is 117 cm³/mol. The maximum absolute atomic E-state index is 13.0. The lowest BCUT2D eigenvalue weighted by Crippen LogP contribution is -2.29. The highest BCUT2D eigenvalue weighted by Gasteiger charge is 2.24. The van der Waals surface area contributed by atoms with Crippen molar-refractivity contribution in [2.75, 3.05) is 25.5 Å². The average Bonchev–Trinajstić information content (AvgIpc) is 3.44. The van der Waals surface area contributed by atoms with Crippen molar-refractivity contribution in [3.05, 3.63) is 64.4 Å². The number of carbonyl (C=O) groups is 2. The Kier molecular flexibility index (Phi) is 5.90. The number of halogens is 1. The predicted octanol–water partition coefficient (Wildman–Crippen LogP) is 3.73. The second-order valence-corrected chi connectivity index (χ2v) is 7.71. The zero-order chi connectivity index (χ0) is 22.0. The van der Waals surface area contributed by atoms with E-state index in [1.54, 1.807) is 53.9 Å². The molecule has 8 nitrogen and oxygen atoms in total. The van der Waals surface area contributed by atoms with Crippen LogP contribution in [-0.4, -0.2) is 51.9 Å². The molecule has 2 aromatic carbocycles. The third-order valence-corrected chi connectivity index (χ3v) is 5.52. The molecule has 2 heterocycles.